The molecule has 5 atom stereocenters. The van der Waals surface area contributed by atoms with Crippen LogP contribution in [0.15, 0.2) is 0 Å². The molecule has 0 heterocycles. The van der Waals surface area contributed by atoms with Crippen LogP contribution in [0.2, 0.25) is 0 Å². The third-order valence-corrected chi connectivity index (χ3v) is 5.51. The summed E-state index contributed by atoms with van der Waals surface area (Å²) in [6.07, 6.45) is 2.40. The molecule has 14 heavy (non-hydrogen) atoms. The highest BCUT2D eigenvalue weighted by atomic mass is 16.4. The monoisotopic (exact) mass is 194 g/mol. The summed E-state index contributed by atoms with van der Waals surface area (Å²) in [5.74, 6) is 1.45. The molecule has 0 radical (unpaired) electrons. The van der Waals surface area contributed by atoms with E-state index in [-0.39, 0.29) is 11.3 Å². The molecule has 0 saturated heterocycles. The van der Waals surface area contributed by atoms with Gasteiger partial charge in [-0.2, -0.15) is 0 Å². The molecule has 0 bridgehead atoms. The zero-order chi connectivity index (χ0) is 10.3. The number of aliphatic carboxylic acids is 1. The van der Waals surface area contributed by atoms with Gasteiger partial charge in [0.15, 0.2) is 0 Å². The molecule has 1 unspecified atom stereocenters. The van der Waals surface area contributed by atoms with Crippen molar-refractivity contribution in [3.8, 4) is 0 Å². The Bertz CT molecular complexity index is 320. The molecule has 78 valence electrons. The maximum atomic E-state index is 11.1. The van der Waals surface area contributed by atoms with Crippen molar-refractivity contribution >= 4 is 5.97 Å². The predicted molar refractivity (Wildman–Crippen MR) is 52.7 cm³/mol. The molecule has 2 heteroatoms. The summed E-state index contributed by atoms with van der Waals surface area (Å²) in [6.45, 7) is 6.80. The average molecular weight is 194 g/mol. The molecule has 3 aliphatic carbocycles. The van der Waals surface area contributed by atoms with Gasteiger partial charge in [-0.3, -0.25) is 4.79 Å². The number of hydrogen-bond acceptors (Lipinski definition) is 1. The van der Waals surface area contributed by atoms with Crippen molar-refractivity contribution in [1.82, 2.24) is 0 Å². The molecule has 3 rings (SSSR count). The van der Waals surface area contributed by atoms with E-state index in [1.165, 1.54) is 6.42 Å². The Kier molecular flexibility index (Phi) is 1.27. The smallest absolute Gasteiger partial charge is 0.307 e. The number of carbonyl (C=O) groups is 1. The van der Waals surface area contributed by atoms with Crippen molar-refractivity contribution in [2.75, 3.05) is 0 Å². The van der Waals surface area contributed by atoms with Crippen molar-refractivity contribution in [2.45, 2.75) is 33.6 Å². The summed E-state index contributed by atoms with van der Waals surface area (Å²) in [4.78, 5) is 11.1. The Morgan fingerprint density at radius 2 is 1.93 bits per heavy atom. The molecule has 0 aromatic rings. The van der Waals surface area contributed by atoms with E-state index >= 15 is 0 Å². The summed E-state index contributed by atoms with van der Waals surface area (Å²) in [5, 5.41) is 9.16. The Hall–Kier alpha value is -0.530. The van der Waals surface area contributed by atoms with Gasteiger partial charge in [-0.15, -0.1) is 0 Å². The molecule has 1 N–H and O–H groups in total. The van der Waals surface area contributed by atoms with Crippen LogP contribution in [0, 0.1) is 34.5 Å². The van der Waals surface area contributed by atoms with Gasteiger partial charge < -0.3 is 5.11 Å². The van der Waals surface area contributed by atoms with Crippen molar-refractivity contribution in [1.29, 1.82) is 0 Å². The first-order valence-electron chi connectivity index (χ1n) is 5.63. The topological polar surface area (TPSA) is 37.3 Å². The molecule has 3 fully saturated rings. The zero-order valence-corrected chi connectivity index (χ0v) is 9.08. The van der Waals surface area contributed by atoms with Gasteiger partial charge in [0.25, 0.3) is 0 Å². The lowest BCUT2D eigenvalue weighted by molar-refractivity contribution is -0.139. The summed E-state index contributed by atoms with van der Waals surface area (Å²) in [5.41, 5.74) is 0.591. The number of hydrogen-bond donors (Lipinski definition) is 1. The second-order valence-electron chi connectivity index (χ2n) is 6.34. The number of carboxylic acids is 1. The van der Waals surface area contributed by atoms with Crippen LogP contribution < -0.4 is 0 Å². The third-order valence-electron chi connectivity index (χ3n) is 5.51. The predicted octanol–water partition coefficient (Wildman–Crippen LogP) is 2.39. The minimum atomic E-state index is -0.555. The van der Waals surface area contributed by atoms with Crippen LogP contribution in [0.1, 0.15) is 33.6 Å². The van der Waals surface area contributed by atoms with Gasteiger partial charge in [0.2, 0.25) is 0 Å². The fraction of sp³-hybridized carbons (Fsp3) is 0.917. The normalized spacial score (nSPS) is 57.1. The van der Waals surface area contributed by atoms with E-state index in [1.807, 2.05) is 0 Å². The van der Waals surface area contributed by atoms with Crippen LogP contribution in [0.4, 0.5) is 0 Å². The second-order valence-corrected chi connectivity index (χ2v) is 6.34. The fourth-order valence-electron chi connectivity index (χ4n) is 4.49. The van der Waals surface area contributed by atoms with E-state index in [2.05, 4.69) is 20.8 Å². The quantitative estimate of drug-likeness (QED) is 0.696. The van der Waals surface area contributed by atoms with Crippen molar-refractivity contribution in [2.24, 2.45) is 34.5 Å². The number of carboxylic acid groups (broad SMARTS) is 1. The van der Waals surface area contributed by atoms with Gasteiger partial charge in [-0.25, -0.2) is 0 Å². The number of fused-ring (bicyclic) bond motifs is 3. The van der Waals surface area contributed by atoms with Crippen molar-refractivity contribution in [3.05, 3.63) is 0 Å². The SMILES string of the molecule is CC1(C)[C@@H]2[C@H]1CC[C@@]1(C)C(C(=O)O)[C@@H]21. The average Bonchev–Trinajstić information content (AvgIpc) is 2.83. The maximum absolute atomic E-state index is 11.1. The fourth-order valence-corrected chi connectivity index (χ4v) is 4.49. The zero-order valence-electron chi connectivity index (χ0n) is 9.08. The number of rotatable bonds is 1. The first-order chi connectivity index (χ1) is 6.40. The summed E-state index contributed by atoms with van der Waals surface area (Å²) in [7, 11) is 0. The third kappa shape index (κ3) is 0.731. The Morgan fingerprint density at radius 1 is 1.29 bits per heavy atom. The van der Waals surface area contributed by atoms with Crippen molar-refractivity contribution < 1.29 is 9.90 Å². The summed E-state index contributed by atoms with van der Waals surface area (Å²) >= 11 is 0. The maximum Gasteiger partial charge on any atom is 0.307 e. The molecule has 0 aliphatic heterocycles. The molecule has 0 amide bonds. The molecule has 0 aromatic carbocycles. The minimum absolute atomic E-state index is 0.0284. The highest BCUT2D eigenvalue weighted by Gasteiger charge is 2.79. The van der Waals surface area contributed by atoms with Gasteiger partial charge in [0, 0.05) is 0 Å². The Morgan fingerprint density at radius 3 is 2.50 bits per heavy atom. The molecule has 0 spiro atoms. The van der Waals surface area contributed by atoms with Gasteiger partial charge in [0.1, 0.15) is 0 Å². The van der Waals surface area contributed by atoms with Crippen LogP contribution >= 0.6 is 0 Å². The minimum Gasteiger partial charge on any atom is -0.481 e. The van der Waals surface area contributed by atoms with Gasteiger partial charge in [-0.1, -0.05) is 20.8 Å². The van der Waals surface area contributed by atoms with Crippen LogP contribution in [-0.4, -0.2) is 11.1 Å². The van der Waals surface area contributed by atoms with E-state index in [9.17, 15) is 4.79 Å². The lowest BCUT2D eigenvalue weighted by Gasteiger charge is -2.14. The van der Waals surface area contributed by atoms with E-state index in [0.29, 0.717) is 17.3 Å². The van der Waals surface area contributed by atoms with Gasteiger partial charge >= 0.3 is 5.97 Å². The van der Waals surface area contributed by atoms with Gasteiger partial charge in [0.05, 0.1) is 5.92 Å². The first-order valence-corrected chi connectivity index (χ1v) is 5.63. The lowest BCUT2D eigenvalue weighted by atomic mass is 9.90. The van der Waals surface area contributed by atoms with E-state index < -0.39 is 5.97 Å². The van der Waals surface area contributed by atoms with E-state index in [4.69, 9.17) is 5.11 Å². The molecule has 3 aliphatic rings. The summed E-state index contributed by atoms with van der Waals surface area (Å²) in [6, 6.07) is 0. The molecular formula is C12H18O2. The van der Waals surface area contributed by atoms with Gasteiger partial charge in [-0.05, 0) is 41.4 Å². The van der Waals surface area contributed by atoms with Crippen LogP contribution in [0.5, 0.6) is 0 Å². The largest absolute Gasteiger partial charge is 0.481 e. The lowest BCUT2D eigenvalue weighted by Crippen LogP contribution is -2.08. The summed E-state index contributed by atoms with van der Waals surface area (Å²) < 4.78 is 0. The molecular weight excluding hydrogens is 176 g/mol. The highest BCUT2D eigenvalue weighted by molar-refractivity contribution is 5.76. The van der Waals surface area contributed by atoms with E-state index in [0.717, 1.165) is 12.3 Å². The molecule has 3 saturated carbocycles. The van der Waals surface area contributed by atoms with Crippen molar-refractivity contribution in [3.63, 3.8) is 0 Å². The van der Waals surface area contributed by atoms with Crippen LogP contribution in [-0.2, 0) is 4.79 Å². The Balaban J connectivity index is 1.90. The van der Waals surface area contributed by atoms with Crippen LogP contribution in [0.25, 0.3) is 0 Å². The molecule has 0 aromatic heterocycles. The van der Waals surface area contributed by atoms with E-state index in [1.54, 1.807) is 0 Å². The Labute approximate surface area is 84.7 Å². The molecule has 2 nitrogen and oxygen atoms in total. The van der Waals surface area contributed by atoms with Crippen LogP contribution in [0.3, 0.4) is 0 Å². The highest BCUT2D eigenvalue weighted by Crippen LogP contribution is 2.81. The standard InChI is InChI=1S/C12H18O2/c1-11(2)6-4-5-12(3)8(7(6)11)9(12)10(13)14/h6-9H,4-5H2,1-3H3,(H,13,14)/t6-,7-,8-,9?,12-/m1/s1. The second kappa shape index (κ2) is 2.02. The first kappa shape index (κ1) is 8.75.